The summed E-state index contributed by atoms with van der Waals surface area (Å²) in [5.41, 5.74) is 2.51. The smallest absolute Gasteiger partial charge is 0.303 e. The highest BCUT2D eigenvalue weighted by Crippen LogP contribution is 2.55. The molecule has 1 heterocycles. The van der Waals surface area contributed by atoms with Crippen LogP contribution in [0.1, 0.15) is 44.1 Å². The number of imide groups is 1. The highest BCUT2D eigenvalue weighted by atomic mass is 127. The number of likely N-dealkylation sites (tertiary alicyclic amines) is 1. The molecule has 1 fully saturated rings. The fourth-order valence-corrected chi connectivity index (χ4v) is 6.96. The number of methoxy groups -OCH3 is 1. The van der Waals surface area contributed by atoms with Gasteiger partial charge in [-0.3, -0.25) is 28.9 Å². The van der Waals surface area contributed by atoms with Gasteiger partial charge in [0.2, 0.25) is 11.8 Å². The first kappa shape index (κ1) is 26.3. The maximum absolute atomic E-state index is 13.6. The van der Waals surface area contributed by atoms with E-state index in [1.54, 1.807) is 19.1 Å². The van der Waals surface area contributed by atoms with Crippen LogP contribution in [0.3, 0.4) is 0 Å². The molecular formula is C28H26INO8. The van der Waals surface area contributed by atoms with Gasteiger partial charge in [-0.1, -0.05) is 11.6 Å². The first-order valence-corrected chi connectivity index (χ1v) is 13.5. The van der Waals surface area contributed by atoms with Gasteiger partial charge in [-0.2, -0.15) is 0 Å². The number of Topliss-reactive ketones (excluding diaryl/α,β-unsaturated/α-hetero) is 1. The average Bonchev–Trinajstić information content (AvgIpc) is 3.12. The number of rotatable bonds is 6. The van der Waals surface area contributed by atoms with Crippen LogP contribution in [-0.2, 0) is 24.0 Å². The zero-order valence-electron chi connectivity index (χ0n) is 20.8. The lowest BCUT2D eigenvalue weighted by atomic mass is 9.59. The number of benzene rings is 1. The number of amides is 2. The van der Waals surface area contributed by atoms with E-state index in [1.807, 2.05) is 28.7 Å². The molecule has 0 aromatic heterocycles. The van der Waals surface area contributed by atoms with Gasteiger partial charge in [0.1, 0.15) is 0 Å². The van der Waals surface area contributed by atoms with Gasteiger partial charge in [0.05, 0.1) is 22.5 Å². The van der Waals surface area contributed by atoms with Gasteiger partial charge in [-0.05, 0) is 78.5 Å². The summed E-state index contributed by atoms with van der Waals surface area (Å²) in [6.45, 7) is 1.64. The van der Waals surface area contributed by atoms with Gasteiger partial charge in [0.25, 0.3) is 0 Å². The Labute approximate surface area is 232 Å². The maximum Gasteiger partial charge on any atom is 0.303 e. The Balaban J connectivity index is 1.61. The summed E-state index contributed by atoms with van der Waals surface area (Å²) in [6, 6.07) is 3.39. The van der Waals surface area contributed by atoms with Gasteiger partial charge in [-0.25, -0.2) is 0 Å². The molecule has 0 unspecified atom stereocenters. The quantitative estimate of drug-likeness (QED) is 0.211. The monoisotopic (exact) mass is 631 g/mol. The minimum Gasteiger partial charge on any atom is -0.504 e. The minimum absolute atomic E-state index is 0.0309. The molecule has 4 atom stereocenters. The molecule has 1 aromatic carbocycles. The number of allylic oxidation sites excluding steroid dienone is 6. The van der Waals surface area contributed by atoms with Gasteiger partial charge in [0.15, 0.2) is 23.1 Å². The van der Waals surface area contributed by atoms with Crippen molar-refractivity contribution >= 4 is 51.9 Å². The predicted octanol–water partition coefficient (Wildman–Crippen LogP) is 3.30. The molecule has 0 saturated carbocycles. The maximum atomic E-state index is 13.6. The molecule has 0 bridgehead atoms. The second-order valence-electron chi connectivity index (χ2n) is 10.1. The van der Waals surface area contributed by atoms with E-state index in [0.29, 0.717) is 32.3 Å². The number of ether oxygens (including phenoxy) is 1. The summed E-state index contributed by atoms with van der Waals surface area (Å²) >= 11 is 1.98. The SMILES string of the molecule is COc1cc([C@H]2C3=CC[C@@H]4C(=O)N(CCCC(=O)O)C(=O)[C@@H]4[C@@H]3CC3=C2C(=O)C(C)=CC3=O)cc(I)c1O. The molecule has 0 spiro atoms. The van der Waals surface area contributed by atoms with E-state index < -0.39 is 29.6 Å². The van der Waals surface area contributed by atoms with Crippen LogP contribution in [0.15, 0.2) is 46.6 Å². The highest BCUT2D eigenvalue weighted by molar-refractivity contribution is 14.1. The van der Waals surface area contributed by atoms with Crippen molar-refractivity contribution in [3.63, 3.8) is 0 Å². The molecule has 2 N–H and O–H groups in total. The number of carbonyl (C=O) groups is 5. The largest absolute Gasteiger partial charge is 0.504 e. The number of phenolic OH excluding ortho intramolecular Hbond substituents is 1. The zero-order valence-corrected chi connectivity index (χ0v) is 23.0. The molecule has 2 amide bonds. The highest BCUT2D eigenvalue weighted by Gasteiger charge is 2.56. The average molecular weight is 631 g/mol. The van der Waals surface area contributed by atoms with Crippen LogP contribution >= 0.6 is 22.6 Å². The first-order valence-electron chi connectivity index (χ1n) is 12.4. The van der Waals surface area contributed by atoms with Crippen molar-refractivity contribution in [1.82, 2.24) is 4.90 Å². The van der Waals surface area contributed by atoms with E-state index in [9.17, 15) is 29.1 Å². The first-order chi connectivity index (χ1) is 18.0. The van der Waals surface area contributed by atoms with E-state index in [0.717, 1.165) is 5.57 Å². The second-order valence-corrected chi connectivity index (χ2v) is 11.3. The number of carbonyl (C=O) groups excluding carboxylic acids is 4. The standard InChI is InChI=1S/C28H26INO8/c1-12-8-19(31)17-11-16-14(5-6-15-23(16)28(37)30(27(15)36)7-3-4-21(32)33)22(24(17)25(12)34)13-9-18(29)26(35)20(10-13)38-2/h5,8-10,15-16,22-23,35H,3-4,6-7,11H2,1-2H3,(H,32,33)/t15-,16+,22-,23-/m0/s1. The van der Waals surface area contributed by atoms with Crippen LogP contribution < -0.4 is 4.74 Å². The lowest BCUT2D eigenvalue weighted by molar-refractivity contribution is -0.142. The molecular weight excluding hydrogens is 605 g/mol. The normalized spacial score (nSPS) is 26.6. The molecule has 0 radical (unpaired) electrons. The van der Waals surface area contributed by atoms with E-state index in [1.165, 1.54) is 18.1 Å². The Kier molecular flexibility index (Phi) is 6.79. The van der Waals surface area contributed by atoms with Crippen LogP contribution in [0, 0.1) is 21.3 Å². The number of phenols is 1. The van der Waals surface area contributed by atoms with Gasteiger partial charge in [-0.15, -0.1) is 0 Å². The summed E-state index contributed by atoms with van der Waals surface area (Å²) in [4.78, 5) is 65.6. The Morgan fingerprint density at radius 3 is 2.58 bits per heavy atom. The van der Waals surface area contributed by atoms with Crippen molar-refractivity contribution in [2.24, 2.45) is 17.8 Å². The number of carboxylic acid groups (broad SMARTS) is 1. The van der Waals surface area contributed by atoms with Gasteiger partial charge >= 0.3 is 5.97 Å². The lowest BCUT2D eigenvalue weighted by Crippen LogP contribution is -2.40. The molecule has 1 aliphatic heterocycles. The van der Waals surface area contributed by atoms with E-state index in [-0.39, 0.29) is 60.7 Å². The van der Waals surface area contributed by atoms with Crippen LogP contribution in [0.2, 0.25) is 0 Å². The summed E-state index contributed by atoms with van der Waals surface area (Å²) in [5.74, 6) is -4.41. The summed E-state index contributed by atoms with van der Waals surface area (Å²) in [7, 11) is 1.43. The molecule has 1 saturated heterocycles. The Bertz CT molecular complexity index is 1400. The number of halogens is 1. The third-order valence-electron chi connectivity index (χ3n) is 8.03. The van der Waals surface area contributed by atoms with Crippen molar-refractivity contribution in [2.45, 2.75) is 38.5 Å². The number of hydrogen-bond acceptors (Lipinski definition) is 7. The fourth-order valence-electron chi connectivity index (χ4n) is 6.33. The molecule has 9 nitrogen and oxygen atoms in total. The molecule has 1 aromatic rings. The molecule has 198 valence electrons. The molecule has 5 rings (SSSR count). The molecule has 4 aliphatic rings. The van der Waals surface area contributed by atoms with Crippen molar-refractivity contribution in [3.8, 4) is 11.5 Å². The minimum atomic E-state index is -0.997. The number of nitrogens with zero attached hydrogens (tertiary/aromatic N) is 1. The summed E-state index contributed by atoms with van der Waals surface area (Å²) in [6.07, 6.45) is 3.73. The van der Waals surface area contributed by atoms with E-state index in [4.69, 9.17) is 9.84 Å². The van der Waals surface area contributed by atoms with Crippen molar-refractivity contribution in [2.75, 3.05) is 13.7 Å². The number of hydrogen-bond donors (Lipinski definition) is 2. The Hall–Kier alpha value is -3.28. The van der Waals surface area contributed by atoms with Gasteiger partial charge < -0.3 is 14.9 Å². The fraction of sp³-hybridized carbons (Fsp3) is 0.393. The van der Waals surface area contributed by atoms with Crippen LogP contribution in [0.5, 0.6) is 11.5 Å². The van der Waals surface area contributed by atoms with Crippen molar-refractivity contribution < 1.29 is 38.9 Å². The van der Waals surface area contributed by atoms with Gasteiger partial charge in [0, 0.05) is 35.6 Å². The third kappa shape index (κ3) is 4.09. The number of ketones is 2. The topological polar surface area (TPSA) is 138 Å². The molecule has 10 heteroatoms. The van der Waals surface area contributed by atoms with Crippen LogP contribution in [0.25, 0.3) is 0 Å². The summed E-state index contributed by atoms with van der Waals surface area (Å²) < 4.78 is 5.87. The summed E-state index contributed by atoms with van der Waals surface area (Å²) in [5, 5.41) is 19.4. The number of aromatic hydroxyl groups is 1. The second kappa shape index (κ2) is 9.79. The van der Waals surface area contributed by atoms with Crippen molar-refractivity contribution in [1.29, 1.82) is 0 Å². The lowest BCUT2D eigenvalue weighted by Gasteiger charge is -2.42. The van der Waals surface area contributed by atoms with E-state index in [2.05, 4.69) is 0 Å². The van der Waals surface area contributed by atoms with Crippen LogP contribution in [0.4, 0.5) is 0 Å². The Morgan fingerprint density at radius 1 is 1.16 bits per heavy atom. The Morgan fingerprint density at radius 2 is 1.89 bits per heavy atom. The van der Waals surface area contributed by atoms with Crippen LogP contribution in [-0.4, -0.2) is 58.1 Å². The molecule has 3 aliphatic carbocycles. The molecule has 38 heavy (non-hydrogen) atoms. The van der Waals surface area contributed by atoms with Crippen molar-refractivity contribution in [3.05, 3.63) is 55.7 Å². The predicted molar refractivity (Wildman–Crippen MR) is 142 cm³/mol. The number of fused-ring (bicyclic) bond motifs is 3. The number of aliphatic carboxylic acids is 1. The third-order valence-corrected chi connectivity index (χ3v) is 8.85. The zero-order chi connectivity index (χ0) is 27.5. The number of carboxylic acids is 1. The van der Waals surface area contributed by atoms with E-state index >= 15 is 0 Å².